The maximum atomic E-state index is 12.4. The maximum Gasteiger partial charge on any atom is 0.271 e. The molecular weight excluding hydrogens is 326 g/mol. The number of hydrogen-bond donors (Lipinski definition) is 2. The number of aryl methyl sites for hydroxylation is 1. The van der Waals surface area contributed by atoms with Gasteiger partial charge in [-0.2, -0.15) is 0 Å². The predicted molar refractivity (Wildman–Crippen MR) is 92.6 cm³/mol. The van der Waals surface area contributed by atoms with Crippen molar-refractivity contribution in [1.82, 2.24) is 14.7 Å². The molecule has 2 N–H and O–H groups in total. The Kier molecular flexibility index (Phi) is 4.73. The van der Waals surface area contributed by atoms with Crippen molar-refractivity contribution in [3.63, 3.8) is 0 Å². The smallest absolute Gasteiger partial charge is 0.271 e. The molecular formula is C17H17N3O3S. The highest BCUT2D eigenvalue weighted by Crippen LogP contribution is 2.11. The van der Waals surface area contributed by atoms with Gasteiger partial charge < -0.3 is 10.4 Å². The molecule has 0 bridgehead atoms. The molecule has 0 aliphatic carbocycles. The van der Waals surface area contributed by atoms with E-state index in [0.717, 1.165) is 11.3 Å². The minimum absolute atomic E-state index is 0.0269. The number of benzene rings is 1. The molecule has 1 aromatic carbocycles. The largest absolute Gasteiger partial charge is 0.391 e. The normalized spacial score (nSPS) is 12.2. The van der Waals surface area contributed by atoms with Crippen molar-refractivity contribution in [3.8, 4) is 0 Å². The van der Waals surface area contributed by atoms with E-state index in [1.807, 2.05) is 35.7 Å². The van der Waals surface area contributed by atoms with Crippen molar-refractivity contribution in [1.29, 1.82) is 0 Å². The van der Waals surface area contributed by atoms with Gasteiger partial charge in [-0.3, -0.25) is 14.0 Å². The van der Waals surface area contributed by atoms with Crippen molar-refractivity contribution in [2.75, 3.05) is 6.54 Å². The molecule has 0 fully saturated rings. The van der Waals surface area contributed by atoms with Crippen molar-refractivity contribution >= 4 is 22.2 Å². The molecule has 0 aliphatic heterocycles. The molecule has 7 heteroatoms. The van der Waals surface area contributed by atoms with Crippen LogP contribution in [-0.2, 0) is 6.42 Å². The molecule has 3 rings (SSSR count). The summed E-state index contributed by atoms with van der Waals surface area (Å²) in [4.78, 5) is 29.3. The van der Waals surface area contributed by atoms with Crippen LogP contribution in [0.4, 0.5) is 0 Å². The van der Waals surface area contributed by atoms with Crippen molar-refractivity contribution < 1.29 is 9.90 Å². The van der Waals surface area contributed by atoms with Crippen LogP contribution >= 0.6 is 11.3 Å². The minimum atomic E-state index is -0.723. The Hall–Kier alpha value is -2.51. The molecule has 1 amide bonds. The lowest BCUT2D eigenvalue weighted by Crippen LogP contribution is -2.36. The van der Waals surface area contributed by atoms with E-state index in [2.05, 4.69) is 10.3 Å². The Morgan fingerprint density at radius 2 is 2.12 bits per heavy atom. The molecule has 0 radical (unpaired) electrons. The molecule has 0 saturated heterocycles. The number of hydrogen-bond acceptors (Lipinski definition) is 5. The third kappa shape index (κ3) is 3.37. The summed E-state index contributed by atoms with van der Waals surface area (Å²) >= 11 is 1.35. The Bertz CT molecular complexity index is 918. The van der Waals surface area contributed by atoms with E-state index in [1.165, 1.54) is 21.9 Å². The number of carbonyl (C=O) groups is 1. The summed E-state index contributed by atoms with van der Waals surface area (Å²) in [6.45, 7) is 1.86. The number of aliphatic hydroxyl groups is 1. The topological polar surface area (TPSA) is 83.7 Å². The van der Waals surface area contributed by atoms with Gasteiger partial charge in [-0.15, -0.1) is 11.3 Å². The average molecular weight is 343 g/mol. The van der Waals surface area contributed by atoms with E-state index in [4.69, 9.17) is 0 Å². The van der Waals surface area contributed by atoms with Gasteiger partial charge in [-0.1, -0.05) is 30.3 Å². The van der Waals surface area contributed by atoms with E-state index >= 15 is 0 Å². The van der Waals surface area contributed by atoms with Crippen LogP contribution in [0.1, 0.15) is 21.6 Å². The molecule has 6 nitrogen and oxygen atoms in total. The summed E-state index contributed by atoms with van der Waals surface area (Å²) in [6, 6.07) is 9.52. The molecule has 0 saturated carbocycles. The van der Waals surface area contributed by atoms with Crippen LogP contribution in [0.25, 0.3) is 4.96 Å². The number of nitrogens with one attached hydrogen (secondary N) is 1. The van der Waals surface area contributed by atoms with Crippen molar-refractivity contribution in [3.05, 3.63) is 69.1 Å². The first-order chi connectivity index (χ1) is 11.6. The summed E-state index contributed by atoms with van der Waals surface area (Å²) in [7, 11) is 0. The van der Waals surface area contributed by atoms with Crippen LogP contribution in [0.5, 0.6) is 0 Å². The molecule has 1 unspecified atom stereocenters. The van der Waals surface area contributed by atoms with Crippen LogP contribution < -0.4 is 10.9 Å². The van der Waals surface area contributed by atoms with E-state index in [9.17, 15) is 14.7 Å². The molecule has 3 aromatic rings. The number of aromatic nitrogens is 2. The van der Waals surface area contributed by atoms with Crippen molar-refractivity contribution in [2.24, 2.45) is 0 Å². The Morgan fingerprint density at radius 1 is 1.38 bits per heavy atom. The van der Waals surface area contributed by atoms with E-state index in [1.54, 1.807) is 6.92 Å². The van der Waals surface area contributed by atoms with Crippen LogP contribution in [0, 0.1) is 6.92 Å². The molecule has 24 heavy (non-hydrogen) atoms. The fourth-order valence-corrected chi connectivity index (χ4v) is 3.27. The zero-order valence-corrected chi connectivity index (χ0v) is 13.9. The van der Waals surface area contributed by atoms with E-state index in [0.29, 0.717) is 11.4 Å². The number of thiazole rings is 1. The predicted octanol–water partition coefficient (Wildman–Crippen LogP) is 1.40. The maximum absolute atomic E-state index is 12.4. The van der Waals surface area contributed by atoms with Gasteiger partial charge in [0.25, 0.3) is 11.5 Å². The zero-order valence-electron chi connectivity index (χ0n) is 13.1. The van der Waals surface area contributed by atoms with Gasteiger partial charge in [0.1, 0.15) is 5.56 Å². The molecule has 1 atom stereocenters. The summed E-state index contributed by atoms with van der Waals surface area (Å²) < 4.78 is 1.42. The zero-order chi connectivity index (χ0) is 17.1. The SMILES string of the molecule is Cc1csc2ncc(C(=O)NCC(O)Cc3ccccc3)c(=O)n12. The minimum Gasteiger partial charge on any atom is -0.391 e. The summed E-state index contributed by atoms with van der Waals surface area (Å²) in [6.07, 6.45) is 0.992. The van der Waals surface area contributed by atoms with E-state index in [-0.39, 0.29) is 12.1 Å². The first kappa shape index (κ1) is 16.4. The number of rotatable bonds is 5. The van der Waals surface area contributed by atoms with Gasteiger partial charge in [0.05, 0.1) is 6.10 Å². The Balaban J connectivity index is 1.68. The van der Waals surface area contributed by atoms with E-state index < -0.39 is 17.6 Å². The third-order valence-corrected chi connectivity index (χ3v) is 4.63. The van der Waals surface area contributed by atoms with Gasteiger partial charge in [0.2, 0.25) is 0 Å². The first-order valence-corrected chi connectivity index (χ1v) is 8.40. The van der Waals surface area contributed by atoms with Gasteiger partial charge in [-0.05, 0) is 12.5 Å². The monoisotopic (exact) mass is 343 g/mol. The average Bonchev–Trinajstić information content (AvgIpc) is 2.96. The van der Waals surface area contributed by atoms with Crippen molar-refractivity contribution in [2.45, 2.75) is 19.4 Å². The molecule has 2 heterocycles. The van der Waals surface area contributed by atoms with Crippen LogP contribution in [0.2, 0.25) is 0 Å². The molecule has 0 spiro atoms. The number of carbonyl (C=O) groups excluding carboxylic acids is 1. The summed E-state index contributed by atoms with van der Waals surface area (Å²) in [5, 5.41) is 14.5. The lowest BCUT2D eigenvalue weighted by Gasteiger charge is -2.12. The van der Waals surface area contributed by atoms with Gasteiger partial charge >= 0.3 is 0 Å². The van der Waals surface area contributed by atoms with Crippen LogP contribution in [-0.4, -0.2) is 33.0 Å². The fourth-order valence-electron chi connectivity index (χ4n) is 2.44. The standard InChI is InChI=1S/C17H17N3O3S/c1-11-10-24-17-19-9-14(16(23)20(11)17)15(22)18-8-13(21)7-12-5-3-2-4-6-12/h2-6,9-10,13,21H,7-8H2,1H3,(H,18,22). The number of amides is 1. The van der Waals surface area contributed by atoms with Crippen LogP contribution in [0.3, 0.4) is 0 Å². The van der Waals surface area contributed by atoms with Gasteiger partial charge in [0.15, 0.2) is 4.96 Å². The number of fused-ring (bicyclic) bond motifs is 1. The summed E-state index contributed by atoms with van der Waals surface area (Å²) in [5.74, 6) is -0.528. The van der Waals surface area contributed by atoms with Gasteiger partial charge in [-0.25, -0.2) is 4.98 Å². The fraction of sp³-hybridized carbons (Fsp3) is 0.235. The number of aliphatic hydroxyl groups excluding tert-OH is 1. The lowest BCUT2D eigenvalue weighted by molar-refractivity contribution is 0.0914. The molecule has 2 aromatic heterocycles. The lowest BCUT2D eigenvalue weighted by atomic mass is 10.1. The first-order valence-electron chi connectivity index (χ1n) is 7.52. The van der Waals surface area contributed by atoms with Gasteiger partial charge in [0, 0.05) is 30.2 Å². The second-order valence-electron chi connectivity index (χ2n) is 5.53. The highest BCUT2D eigenvalue weighted by atomic mass is 32.1. The Labute approximate surface area is 142 Å². The highest BCUT2D eigenvalue weighted by molar-refractivity contribution is 7.15. The second kappa shape index (κ2) is 6.94. The van der Waals surface area contributed by atoms with Crippen LogP contribution in [0.15, 0.2) is 46.7 Å². The Morgan fingerprint density at radius 3 is 2.88 bits per heavy atom. The third-order valence-electron chi connectivity index (χ3n) is 3.67. The molecule has 0 aliphatic rings. The summed E-state index contributed by atoms with van der Waals surface area (Å²) in [5.41, 5.74) is 1.30. The highest BCUT2D eigenvalue weighted by Gasteiger charge is 2.16. The number of nitrogens with zero attached hydrogens (tertiary/aromatic N) is 2. The molecule has 124 valence electrons. The second-order valence-corrected chi connectivity index (χ2v) is 6.36. The quantitative estimate of drug-likeness (QED) is 0.733.